The number of rotatable bonds is 12. The summed E-state index contributed by atoms with van der Waals surface area (Å²) >= 11 is 0. The highest BCUT2D eigenvalue weighted by molar-refractivity contribution is 5.86. The Kier molecular flexibility index (Phi) is 7.99. The number of nitrogens with zero attached hydrogens (tertiary/aromatic N) is 6. The van der Waals surface area contributed by atoms with Gasteiger partial charge < -0.3 is 24.6 Å². The van der Waals surface area contributed by atoms with Crippen LogP contribution >= 0.6 is 0 Å². The van der Waals surface area contributed by atoms with E-state index in [2.05, 4.69) is 40.5 Å². The predicted octanol–water partition coefficient (Wildman–Crippen LogP) is 2.07. The Hall–Kier alpha value is -3.86. The van der Waals surface area contributed by atoms with E-state index in [4.69, 9.17) is 4.52 Å². The summed E-state index contributed by atoms with van der Waals surface area (Å²) in [5.74, 6) is 0.855. The minimum Gasteiger partial charge on any atom is -0.368 e. The van der Waals surface area contributed by atoms with Gasteiger partial charge in [-0.3, -0.25) is 9.59 Å². The highest BCUT2D eigenvalue weighted by Crippen LogP contribution is 2.27. The summed E-state index contributed by atoms with van der Waals surface area (Å²) in [6, 6.07) is 3.91. The number of hydrogen-bond donors (Lipinski definition) is 2. The predicted molar refractivity (Wildman–Crippen MR) is 129 cm³/mol. The van der Waals surface area contributed by atoms with Gasteiger partial charge in [-0.05, 0) is 32.6 Å². The van der Waals surface area contributed by atoms with Crippen molar-refractivity contribution in [3.05, 3.63) is 59.9 Å². The van der Waals surface area contributed by atoms with Crippen molar-refractivity contribution >= 4 is 11.8 Å². The summed E-state index contributed by atoms with van der Waals surface area (Å²) in [5.41, 5.74) is 1.71. The quantitative estimate of drug-likeness (QED) is 0.447. The van der Waals surface area contributed by atoms with E-state index in [1.54, 1.807) is 0 Å². The summed E-state index contributed by atoms with van der Waals surface area (Å²) in [6.45, 7) is 2.83. The van der Waals surface area contributed by atoms with Gasteiger partial charge in [0.2, 0.25) is 17.6 Å². The first-order chi connectivity index (χ1) is 17.0. The second kappa shape index (κ2) is 11.5. The van der Waals surface area contributed by atoms with Crippen LogP contribution in [0.4, 0.5) is 0 Å². The molecular formula is C24H30N8O3. The Labute approximate surface area is 203 Å². The lowest BCUT2D eigenvalue weighted by atomic mass is 9.93. The van der Waals surface area contributed by atoms with Crippen LogP contribution in [0.2, 0.25) is 0 Å². The number of azo groups is 1. The minimum atomic E-state index is -0.368. The van der Waals surface area contributed by atoms with Crippen LogP contribution in [0.15, 0.2) is 68.8 Å². The molecule has 2 N–H and O–H groups in total. The fraction of sp³-hybridized carbons (Fsp3) is 0.417. The molecule has 2 aromatic heterocycles. The van der Waals surface area contributed by atoms with Crippen molar-refractivity contribution in [3.63, 3.8) is 0 Å². The average Bonchev–Trinajstić information content (AvgIpc) is 3.52. The molecule has 1 unspecified atom stereocenters. The van der Waals surface area contributed by atoms with Crippen molar-refractivity contribution in [3.8, 4) is 11.5 Å². The molecule has 0 bridgehead atoms. The lowest BCUT2D eigenvalue weighted by Crippen LogP contribution is -2.28. The topological polar surface area (TPSA) is 130 Å². The third-order valence-corrected chi connectivity index (χ3v) is 5.66. The zero-order chi connectivity index (χ0) is 24.6. The first-order valence-electron chi connectivity index (χ1n) is 11.7. The molecule has 0 fully saturated rings. The van der Waals surface area contributed by atoms with E-state index >= 15 is 0 Å². The third kappa shape index (κ3) is 6.38. The Morgan fingerprint density at radius 3 is 2.97 bits per heavy atom. The Morgan fingerprint density at radius 1 is 1.23 bits per heavy atom. The maximum Gasteiger partial charge on any atom is 0.276 e. The van der Waals surface area contributed by atoms with Gasteiger partial charge >= 0.3 is 0 Å². The van der Waals surface area contributed by atoms with E-state index < -0.39 is 0 Å². The summed E-state index contributed by atoms with van der Waals surface area (Å²) in [5, 5.41) is 17.9. The van der Waals surface area contributed by atoms with Gasteiger partial charge in [-0.25, -0.2) is 0 Å². The minimum absolute atomic E-state index is 0.0792. The van der Waals surface area contributed by atoms with Crippen molar-refractivity contribution in [1.82, 2.24) is 30.2 Å². The van der Waals surface area contributed by atoms with Crippen LogP contribution in [0, 0.1) is 5.92 Å². The molecule has 0 radical (unpaired) electrons. The van der Waals surface area contributed by atoms with Crippen molar-refractivity contribution in [1.29, 1.82) is 0 Å². The molecule has 2 aromatic rings. The van der Waals surface area contributed by atoms with Crippen LogP contribution in [0.1, 0.15) is 18.7 Å². The number of carbonyl (C=O) groups is 2. The molecule has 1 aliphatic heterocycles. The highest BCUT2D eigenvalue weighted by atomic mass is 16.5. The number of amides is 2. The second-order valence-electron chi connectivity index (χ2n) is 8.60. The summed E-state index contributed by atoms with van der Waals surface area (Å²) in [4.78, 5) is 30.6. The molecule has 0 spiro atoms. The number of hydrogen-bond acceptors (Lipinski definition) is 8. The maximum absolute atomic E-state index is 12.2. The van der Waals surface area contributed by atoms with E-state index in [9.17, 15) is 9.59 Å². The van der Waals surface area contributed by atoms with Crippen molar-refractivity contribution in [2.45, 2.75) is 25.8 Å². The Bertz CT molecular complexity index is 1170. The molecule has 2 amide bonds. The van der Waals surface area contributed by atoms with E-state index in [-0.39, 0.29) is 24.2 Å². The average molecular weight is 479 g/mol. The molecule has 11 nitrogen and oxygen atoms in total. The smallest absolute Gasteiger partial charge is 0.276 e. The fourth-order valence-electron chi connectivity index (χ4n) is 3.75. The molecule has 35 heavy (non-hydrogen) atoms. The first-order valence-corrected chi connectivity index (χ1v) is 11.7. The zero-order valence-corrected chi connectivity index (χ0v) is 20.0. The number of likely N-dealkylation sites (N-methyl/N-ethyl adjacent to an activating group) is 1. The van der Waals surface area contributed by atoms with Crippen LogP contribution < -0.4 is 10.6 Å². The number of allylic oxidation sites excluding steroid dienone is 3. The summed E-state index contributed by atoms with van der Waals surface area (Å²) in [6.07, 6.45) is 10.7. The Balaban J connectivity index is 1.17. The standard InChI is InChI=1S/C24H30N8O3/c1-31(2)15-16-32-14-5-9-19(32)23-27-21(35-30-23)11-10-20(33)25-12-6-13-26-22-17-7-3-4-8-18(17)24(34)29-28-22/h3-5,7-9,14,18,26H,6,10-13,15-16H2,1-2H3,(H,25,33). The van der Waals surface area contributed by atoms with E-state index in [0.717, 1.165) is 24.4 Å². The first kappa shape index (κ1) is 24.3. The molecule has 184 valence electrons. The van der Waals surface area contributed by atoms with Gasteiger partial charge in [0.05, 0.1) is 11.6 Å². The molecule has 0 saturated carbocycles. The van der Waals surface area contributed by atoms with Gasteiger partial charge in [-0.15, -0.1) is 10.2 Å². The number of carbonyl (C=O) groups excluding carboxylic acids is 2. The van der Waals surface area contributed by atoms with Gasteiger partial charge in [0.15, 0.2) is 5.82 Å². The number of fused-ring (bicyclic) bond motifs is 1. The van der Waals surface area contributed by atoms with Gasteiger partial charge in [-0.2, -0.15) is 4.98 Å². The molecule has 3 heterocycles. The van der Waals surface area contributed by atoms with Crippen molar-refractivity contribution < 1.29 is 14.1 Å². The van der Waals surface area contributed by atoms with Crippen LogP contribution in [-0.2, 0) is 22.6 Å². The number of nitrogens with one attached hydrogen (secondary N) is 2. The molecule has 4 rings (SSSR count). The van der Waals surface area contributed by atoms with Gasteiger partial charge in [0.25, 0.3) is 5.91 Å². The van der Waals surface area contributed by atoms with Crippen LogP contribution in [-0.4, -0.2) is 65.2 Å². The normalized spacial score (nSPS) is 16.8. The van der Waals surface area contributed by atoms with Gasteiger partial charge in [-0.1, -0.05) is 29.5 Å². The van der Waals surface area contributed by atoms with Crippen molar-refractivity contribution in [2.24, 2.45) is 16.1 Å². The lowest BCUT2D eigenvalue weighted by molar-refractivity contribution is -0.121. The molecule has 2 aliphatic rings. The largest absolute Gasteiger partial charge is 0.368 e. The highest BCUT2D eigenvalue weighted by Gasteiger charge is 2.26. The number of aryl methyl sites for hydroxylation is 1. The van der Waals surface area contributed by atoms with Crippen LogP contribution in [0.5, 0.6) is 0 Å². The molecule has 0 saturated heterocycles. The molecule has 1 atom stereocenters. The SMILES string of the molecule is CN(C)CCn1cccc1-c1noc(CCC(=O)NCCCNC2=C3C=CC=CC3C(=O)N=N2)n1. The third-order valence-electron chi connectivity index (χ3n) is 5.66. The number of aromatic nitrogens is 3. The summed E-state index contributed by atoms with van der Waals surface area (Å²) in [7, 11) is 4.06. The summed E-state index contributed by atoms with van der Waals surface area (Å²) < 4.78 is 7.43. The van der Waals surface area contributed by atoms with E-state index in [1.807, 2.05) is 56.7 Å². The molecular weight excluding hydrogens is 448 g/mol. The van der Waals surface area contributed by atoms with Gasteiger partial charge in [0, 0.05) is 50.8 Å². The lowest BCUT2D eigenvalue weighted by Gasteiger charge is -2.20. The molecule has 0 aromatic carbocycles. The zero-order valence-electron chi connectivity index (χ0n) is 20.0. The monoisotopic (exact) mass is 478 g/mol. The van der Waals surface area contributed by atoms with Crippen LogP contribution in [0.25, 0.3) is 11.5 Å². The van der Waals surface area contributed by atoms with E-state index in [0.29, 0.717) is 43.5 Å². The second-order valence-corrected chi connectivity index (χ2v) is 8.60. The molecule has 11 heteroatoms. The van der Waals surface area contributed by atoms with E-state index in [1.165, 1.54) is 0 Å². The fourth-order valence-corrected chi connectivity index (χ4v) is 3.75. The Morgan fingerprint density at radius 2 is 2.11 bits per heavy atom. The van der Waals surface area contributed by atoms with Crippen molar-refractivity contribution in [2.75, 3.05) is 33.7 Å². The van der Waals surface area contributed by atoms with Gasteiger partial charge in [0.1, 0.15) is 0 Å². The van der Waals surface area contributed by atoms with Crippen LogP contribution in [0.3, 0.4) is 0 Å². The maximum atomic E-state index is 12.2. The molecule has 1 aliphatic carbocycles.